The summed E-state index contributed by atoms with van der Waals surface area (Å²) in [4.78, 5) is 35.6. The maximum Gasteiger partial charge on any atom is 0.345 e. The number of aromatic nitrogens is 3. The van der Waals surface area contributed by atoms with Gasteiger partial charge in [0.1, 0.15) is 5.82 Å². The maximum atomic E-state index is 12.5. The number of aryl methyl sites for hydroxylation is 2. The van der Waals surface area contributed by atoms with Gasteiger partial charge in [-0.1, -0.05) is 0 Å². The Morgan fingerprint density at radius 2 is 1.91 bits per heavy atom. The quantitative estimate of drug-likeness (QED) is 0.453. The summed E-state index contributed by atoms with van der Waals surface area (Å²) in [6.45, 7) is 4.16. The maximum absolute atomic E-state index is 12.5. The van der Waals surface area contributed by atoms with Crippen molar-refractivity contribution in [2.45, 2.75) is 63.6 Å². The van der Waals surface area contributed by atoms with Crippen LogP contribution < -0.4 is 21.0 Å². The molecule has 2 heterocycles. The predicted octanol–water partition coefficient (Wildman–Crippen LogP) is 0.213. The van der Waals surface area contributed by atoms with Gasteiger partial charge in [0.15, 0.2) is 0 Å². The van der Waals surface area contributed by atoms with Crippen molar-refractivity contribution >= 4 is 27.5 Å². The van der Waals surface area contributed by atoms with Crippen LogP contribution in [0, 0.1) is 0 Å². The smallest absolute Gasteiger partial charge is 0.345 e. The van der Waals surface area contributed by atoms with E-state index in [4.69, 9.17) is 0 Å². The molecule has 0 saturated carbocycles. The lowest BCUT2D eigenvalue weighted by atomic mass is 10.2. The Labute approximate surface area is 186 Å². The monoisotopic (exact) mass is 464 g/mol. The Morgan fingerprint density at radius 3 is 2.56 bits per heavy atom. The van der Waals surface area contributed by atoms with Gasteiger partial charge < -0.3 is 10.6 Å². The Morgan fingerprint density at radius 1 is 1.19 bits per heavy atom. The highest BCUT2D eigenvalue weighted by atomic mass is 32.2. The van der Waals surface area contributed by atoms with Crippen molar-refractivity contribution in [1.82, 2.24) is 24.4 Å². The number of carbonyl (C=O) groups excluding carboxylic acids is 2. The molecule has 1 aromatic heterocycles. The number of nitrogens with zero attached hydrogens (tertiary/aromatic N) is 3. The zero-order valence-corrected chi connectivity index (χ0v) is 18.9. The normalized spacial score (nSPS) is 14.4. The minimum Gasteiger partial charge on any atom is -0.355 e. The van der Waals surface area contributed by atoms with Crippen LogP contribution in [0.4, 0.5) is 5.69 Å². The van der Waals surface area contributed by atoms with Crippen molar-refractivity contribution in [1.29, 1.82) is 0 Å². The molecule has 1 atom stereocenters. The fourth-order valence-electron chi connectivity index (χ4n) is 3.46. The lowest BCUT2D eigenvalue weighted by molar-refractivity contribution is -0.122. The number of carbonyl (C=O) groups is 2. The van der Waals surface area contributed by atoms with Crippen LogP contribution in [0.2, 0.25) is 0 Å². The largest absolute Gasteiger partial charge is 0.355 e. The molecule has 1 aliphatic heterocycles. The molecule has 2 aromatic rings. The Bertz CT molecular complexity index is 1140. The SMILES string of the molecule is CC(=O)Nc1ccc(S(=O)(=O)N[C@@H](C)C(=O)NCCCn2nc3n(c2=O)CCCC3)cc1. The molecule has 0 spiro atoms. The second kappa shape index (κ2) is 10.1. The van der Waals surface area contributed by atoms with E-state index in [0.717, 1.165) is 25.1 Å². The molecule has 0 radical (unpaired) electrons. The van der Waals surface area contributed by atoms with Gasteiger partial charge in [-0.3, -0.25) is 14.2 Å². The van der Waals surface area contributed by atoms with E-state index in [1.165, 1.54) is 42.8 Å². The van der Waals surface area contributed by atoms with Gasteiger partial charge in [-0.05, 0) is 50.5 Å². The summed E-state index contributed by atoms with van der Waals surface area (Å²) in [7, 11) is -3.91. The second-order valence-electron chi connectivity index (χ2n) is 7.72. The molecule has 11 nitrogen and oxygen atoms in total. The summed E-state index contributed by atoms with van der Waals surface area (Å²) in [5.41, 5.74) is 0.344. The van der Waals surface area contributed by atoms with Gasteiger partial charge in [-0.2, -0.15) is 9.82 Å². The number of amides is 2. The Balaban J connectivity index is 1.47. The van der Waals surface area contributed by atoms with Gasteiger partial charge in [0.2, 0.25) is 21.8 Å². The molecule has 3 rings (SSSR count). The highest BCUT2D eigenvalue weighted by Crippen LogP contribution is 2.14. The number of hydrogen-bond donors (Lipinski definition) is 3. The third-order valence-electron chi connectivity index (χ3n) is 5.09. The summed E-state index contributed by atoms with van der Waals surface area (Å²) < 4.78 is 30.5. The zero-order chi connectivity index (χ0) is 23.3. The molecule has 12 heteroatoms. The van der Waals surface area contributed by atoms with Crippen LogP contribution >= 0.6 is 0 Å². The molecule has 174 valence electrons. The van der Waals surface area contributed by atoms with E-state index < -0.39 is 22.0 Å². The predicted molar refractivity (Wildman–Crippen MR) is 118 cm³/mol. The molecule has 0 bridgehead atoms. The summed E-state index contributed by atoms with van der Waals surface area (Å²) in [6, 6.07) is 4.64. The van der Waals surface area contributed by atoms with Crippen molar-refractivity contribution in [2.24, 2.45) is 0 Å². The molecule has 1 aromatic carbocycles. The van der Waals surface area contributed by atoms with Gasteiger partial charge >= 0.3 is 5.69 Å². The summed E-state index contributed by atoms with van der Waals surface area (Å²) >= 11 is 0. The van der Waals surface area contributed by atoms with Crippen molar-refractivity contribution < 1.29 is 18.0 Å². The lowest BCUT2D eigenvalue weighted by Gasteiger charge is -2.14. The third-order valence-corrected chi connectivity index (χ3v) is 6.64. The first-order valence-electron chi connectivity index (χ1n) is 10.5. The van der Waals surface area contributed by atoms with E-state index in [9.17, 15) is 22.8 Å². The molecule has 32 heavy (non-hydrogen) atoms. The topological polar surface area (TPSA) is 144 Å². The first-order chi connectivity index (χ1) is 15.2. The summed E-state index contributed by atoms with van der Waals surface area (Å²) in [6.07, 6.45) is 3.29. The van der Waals surface area contributed by atoms with E-state index in [0.29, 0.717) is 25.2 Å². The molecular weight excluding hydrogens is 436 g/mol. The average molecular weight is 465 g/mol. The Hall–Kier alpha value is -2.99. The van der Waals surface area contributed by atoms with Crippen LogP contribution in [0.25, 0.3) is 0 Å². The van der Waals surface area contributed by atoms with Crippen molar-refractivity contribution in [3.05, 3.63) is 40.6 Å². The van der Waals surface area contributed by atoms with Crippen LogP contribution in [-0.2, 0) is 39.1 Å². The first kappa shape index (κ1) is 23.7. The van der Waals surface area contributed by atoms with E-state index >= 15 is 0 Å². The van der Waals surface area contributed by atoms with Crippen LogP contribution in [-0.4, -0.2) is 47.2 Å². The van der Waals surface area contributed by atoms with Gasteiger partial charge in [0, 0.05) is 38.7 Å². The van der Waals surface area contributed by atoms with E-state index in [-0.39, 0.29) is 23.0 Å². The van der Waals surface area contributed by atoms with Crippen molar-refractivity contribution in [2.75, 3.05) is 11.9 Å². The highest BCUT2D eigenvalue weighted by molar-refractivity contribution is 7.89. The number of nitrogens with one attached hydrogen (secondary N) is 3. The van der Waals surface area contributed by atoms with Crippen LogP contribution in [0.5, 0.6) is 0 Å². The summed E-state index contributed by atoms with van der Waals surface area (Å²) in [5.74, 6) is 0.0692. The van der Waals surface area contributed by atoms with E-state index in [2.05, 4.69) is 20.5 Å². The second-order valence-corrected chi connectivity index (χ2v) is 9.44. The average Bonchev–Trinajstić information content (AvgIpc) is 3.06. The minimum absolute atomic E-state index is 0.0191. The van der Waals surface area contributed by atoms with Crippen molar-refractivity contribution in [3.63, 3.8) is 0 Å². The number of fused-ring (bicyclic) bond motifs is 1. The van der Waals surface area contributed by atoms with Gasteiger partial charge in [0.05, 0.1) is 10.9 Å². The first-order valence-corrected chi connectivity index (χ1v) is 12.0. The van der Waals surface area contributed by atoms with Crippen LogP contribution in [0.3, 0.4) is 0 Å². The van der Waals surface area contributed by atoms with Gasteiger partial charge in [-0.25, -0.2) is 17.9 Å². The third kappa shape index (κ3) is 5.82. The fourth-order valence-corrected chi connectivity index (χ4v) is 4.67. The van der Waals surface area contributed by atoms with E-state index in [1.807, 2.05) is 0 Å². The molecular formula is C20H28N6O5S. The number of rotatable bonds is 9. The number of anilines is 1. The number of sulfonamides is 1. The standard InChI is InChI=1S/C20H28N6O5S/c1-14(24-32(30,31)17-9-7-16(8-10-17)22-15(2)27)19(28)21-11-5-13-26-20(29)25-12-4-3-6-18(25)23-26/h7-10,14,24H,3-6,11-13H2,1-2H3,(H,21,28)(H,22,27)/t14-/m0/s1. The lowest BCUT2D eigenvalue weighted by Crippen LogP contribution is -2.45. The molecule has 2 amide bonds. The molecule has 0 aliphatic carbocycles. The van der Waals surface area contributed by atoms with Crippen LogP contribution in [0.15, 0.2) is 34.0 Å². The molecule has 3 N–H and O–H groups in total. The molecule has 1 aliphatic rings. The van der Waals surface area contributed by atoms with E-state index in [1.54, 1.807) is 4.57 Å². The molecule has 0 saturated heterocycles. The minimum atomic E-state index is -3.91. The highest BCUT2D eigenvalue weighted by Gasteiger charge is 2.22. The fraction of sp³-hybridized carbons (Fsp3) is 0.500. The zero-order valence-electron chi connectivity index (χ0n) is 18.1. The van der Waals surface area contributed by atoms with Crippen molar-refractivity contribution in [3.8, 4) is 0 Å². The van der Waals surface area contributed by atoms with Crippen LogP contribution in [0.1, 0.15) is 38.9 Å². The molecule has 0 fully saturated rings. The Kier molecular flexibility index (Phi) is 7.46. The summed E-state index contributed by atoms with van der Waals surface area (Å²) in [5, 5.41) is 9.58. The van der Waals surface area contributed by atoms with Gasteiger partial charge in [0.25, 0.3) is 0 Å². The number of benzene rings is 1. The molecule has 0 unspecified atom stereocenters. The number of hydrogen-bond acceptors (Lipinski definition) is 6. The van der Waals surface area contributed by atoms with Gasteiger partial charge in [-0.15, -0.1) is 0 Å².